The van der Waals surface area contributed by atoms with E-state index in [-0.39, 0.29) is 48.1 Å². The molecule has 0 unspecified atom stereocenters. The van der Waals surface area contributed by atoms with Gasteiger partial charge >= 0.3 is 0 Å². The second kappa shape index (κ2) is 11.9. The highest BCUT2D eigenvalue weighted by Gasteiger charge is 2.31. The minimum atomic E-state index is -4.06. The first-order valence-corrected chi connectivity index (χ1v) is 14.7. The number of ether oxygens (including phenoxy) is 2. The van der Waals surface area contributed by atoms with Gasteiger partial charge in [0, 0.05) is 25.3 Å². The van der Waals surface area contributed by atoms with E-state index in [1.165, 1.54) is 47.5 Å². The van der Waals surface area contributed by atoms with Gasteiger partial charge in [0.25, 0.3) is 5.91 Å². The van der Waals surface area contributed by atoms with Crippen molar-refractivity contribution in [3.8, 4) is 0 Å². The zero-order chi connectivity index (χ0) is 27.4. The molecular weight excluding hydrogens is 528 g/mol. The number of hydrogen-bond acceptors (Lipinski definition) is 6. The van der Waals surface area contributed by atoms with Gasteiger partial charge in [0.15, 0.2) is 0 Å². The van der Waals surface area contributed by atoms with E-state index in [0.717, 1.165) is 25.7 Å². The first-order valence-electron chi connectivity index (χ1n) is 13.1. The Morgan fingerprint density at radius 2 is 1.64 bits per heavy atom. The number of nitrogens with zero attached hydrogens (tertiary/aromatic N) is 3. The Bertz CT molecular complexity index is 1420. The molecule has 2 atom stereocenters. The number of aromatic nitrogens is 2. The molecule has 11 heteroatoms. The fourth-order valence-electron chi connectivity index (χ4n) is 5.09. The Kier molecular flexibility index (Phi) is 8.39. The molecule has 208 valence electrons. The highest BCUT2D eigenvalue weighted by atomic mass is 32.2. The third-order valence-corrected chi connectivity index (χ3v) is 8.66. The van der Waals surface area contributed by atoms with E-state index in [9.17, 15) is 22.0 Å². The zero-order valence-corrected chi connectivity index (χ0v) is 22.3. The largest absolute Gasteiger partial charge is 0.376 e. The van der Waals surface area contributed by atoms with Gasteiger partial charge in [0.1, 0.15) is 11.6 Å². The normalized spacial score (nSPS) is 19.4. The van der Waals surface area contributed by atoms with Crippen molar-refractivity contribution in [3.63, 3.8) is 0 Å². The summed E-state index contributed by atoms with van der Waals surface area (Å²) in [4.78, 5) is 19.2. The molecule has 0 spiro atoms. The second-order valence-corrected chi connectivity index (χ2v) is 11.8. The number of halogens is 2. The van der Waals surface area contributed by atoms with Crippen molar-refractivity contribution in [2.24, 2.45) is 0 Å². The van der Waals surface area contributed by atoms with Gasteiger partial charge in [0.05, 0.1) is 48.5 Å². The number of carbonyl (C=O) groups is 1. The molecule has 0 aliphatic carbocycles. The number of imidazole rings is 1. The molecule has 39 heavy (non-hydrogen) atoms. The Balaban J connectivity index is 1.49. The summed E-state index contributed by atoms with van der Waals surface area (Å²) in [6.07, 6.45) is 4.20. The number of rotatable bonds is 10. The molecule has 1 amide bonds. The third-order valence-electron chi connectivity index (χ3n) is 7.09. The van der Waals surface area contributed by atoms with Crippen molar-refractivity contribution < 1.29 is 31.5 Å². The van der Waals surface area contributed by atoms with Crippen LogP contribution in [0.25, 0.3) is 0 Å². The molecule has 0 radical (unpaired) electrons. The molecule has 2 saturated heterocycles. The molecule has 2 aliphatic rings. The zero-order valence-electron chi connectivity index (χ0n) is 21.5. The highest BCUT2D eigenvalue weighted by Crippen LogP contribution is 2.25. The lowest BCUT2D eigenvalue weighted by atomic mass is 10.1. The van der Waals surface area contributed by atoms with Gasteiger partial charge in [-0.1, -0.05) is 30.3 Å². The van der Waals surface area contributed by atoms with Crippen LogP contribution in [-0.2, 0) is 38.2 Å². The molecule has 8 nitrogen and oxygen atoms in total. The Labute approximate surface area is 226 Å². The van der Waals surface area contributed by atoms with Crippen LogP contribution in [0, 0.1) is 11.6 Å². The van der Waals surface area contributed by atoms with Crippen molar-refractivity contribution in [3.05, 3.63) is 83.2 Å². The molecule has 0 saturated carbocycles. The standard InChI is InChI=1S/C28H31F2N3O5S/c29-25-11-3-1-7-20(25)19-39(35,36)28-31-15-21(33(28)18-23-9-6-14-38-23)16-32(17-22-8-5-13-37-22)27(34)24-10-2-4-12-26(24)30/h1-4,7,10-12,15,22-23H,5-6,8-9,13-14,16-19H2/t22-,23+/m0/s1. The number of amides is 1. The van der Waals surface area contributed by atoms with E-state index in [4.69, 9.17) is 9.47 Å². The fourth-order valence-corrected chi connectivity index (χ4v) is 6.61. The van der Waals surface area contributed by atoms with Crippen molar-refractivity contribution in [2.45, 2.75) is 61.9 Å². The maximum atomic E-state index is 14.6. The van der Waals surface area contributed by atoms with Crippen LogP contribution in [0.1, 0.15) is 47.3 Å². The summed E-state index contributed by atoms with van der Waals surface area (Å²) in [7, 11) is -4.06. The Morgan fingerprint density at radius 3 is 2.31 bits per heavy atom. The Hall–Kier alpha value is -3.15. The fraction of sp³-hybridized carbons (Fsp3) is 0.429. The van der Waals surface area contributed by atoms with Gasteiger partial charge < -0.3 is 18.9 Å². The number of sulfone groups is 1. The average Bonchev–Trinajstić information content (AvgIpc) is 3.69. The van der Waals surface area contributed by atoms with E-state index in [1.807, 2.05) is 0 Å². The van der Waals surface area contributed by atoms with Gasteiger partial charge in [-0.25, -0.2) is 22.2 Å². The molecule has 3 heterocycles. The number of benzene rings is 2. The molecule has 3 aromatic rings. The van der Waals surface area contributed by atoms with Crippen LogP contribution in [0.2, 0.25) is 0 Å². The molecule has 1 aromatic heterocycles. The molecule has 2 aromatic carbocycles. The van der Waals surface area contributed by atoms with Crippen LogP contribution in [0.5, 0.6) is 0 Å². The summed E-state index contributed by atoms with van der Waals surface area (Å²) in [6, 6.07) is 11.5. The van der Waals surface area contributed by atoms with E-state index in [0.29, 0.717) is 18.9 Å². The lowest BCUT2D eigenvalue weighted by molar-refractivity contribution is 0.0493. The van der Waals surface area contributed by atoms with E-state index in [1.54, 1.807) is 16.7 Å². The van der Waals surface area contributed by atoms with Crippen LogP contribution in [-0.4, -0.2) is 60.7 Å². The van der Waals surface area contributed by atoms with Crippen LogP contribution >= 0.6 is 0 Å². The van der Waals surface area contributed by atoms with Gasteiger partial charge in [-0.3, -0.25) is 4.79 Å². The summed E-state index contributed by atoms with van der Waals surface area (Å²) in [5.74, 6) is -2.34. The first kappa shape index (κ1) is 27.4. The van der Waals surface area contributed by atoms with Crippen LogP contribution < -0.4 is 0 Å². The number of hydrogen-bond donors (Lipinski definition) is 0. The molecule has 0 N–H and O–H groups in total. The van der Waals surface area contributed by atoms with E-state index >= 15 is 0 Å². The summed E-state index contributed by atoms with van der Waals surface area (Å²) in [5.41, 5.74) is 0.425. The first-order chi connectivity index (χ1) is 18.8. The molecular formula is C28H31F2N3O5S. The maximum absolute atomic E-state index is 14.6. The predicted octanol–water partition coefficient (Wildman–Crippen LogP) is 4.14. The van der Waals surface area contributed by atoms with Crippen LogP contribution in [0.15, 0.2) is 59.9 Å². The predicted molar refractivity (Wildman–Crippen MR) is 139 cm³/mol. The van der Waals surface area contributed by atoms with Gasteiger partial charge in [-0.2, -0.15) is 0 Å². The van der Waals surface area contributed by atoms with Crippen LogP contribution in [0.4, 0.5) is 8.78 Å². The van der Waals surface area contributed by atoms with Crippen LogP contribution in [0.3, 0.4) is 0 Å². The van der Waals surface area contributed by atoms with E-state index < -0.39 is 33.1 Å². The topological polar surface area (TPSA) is 90.7 Å². The summed E-state index contributed by atoms with van der Waals surface area (Å²) in [6.45, 7) is 1.57. The summed E-state index contributed by atoms with van der Waals surface area (Å²) >= 11 is 0. The minimum Gasteiger partial charge on any atom is -0.376 e. The third kappa shape index (κ3) is 6.37. The van der Waals surface area contributed by atoms with Crippen molar-refractivity contribution in [1.82, 2.24) is 14.5 Å². The minimum absolute atomic E-state index is 0.0119. The average molecular weight is 560 g/mol. The molecule has 0 bridgehead atoms. The van der Waals surface area contributed by atoms with Gasteiger partial charge in [-0.15, -0.1) is 0 Å². The monoisotopic (exact) mass is 559 g/mol. The second-order valence-electron chi connectivity index (χ2n) is 9.93. The SMILES string of the molecule is O=C(c1ccccc1F)N(Cc1cnc(S(=O)(=O)Cc2ccccc2F)n1C[C@H]1CCCO1)C[C@@H]1CCCO1. The summed E-state index contributed by atoms with van der Waals surface area (Å²) < 4.78 is 68.9. The molecule has 2 aliphatic heterocycles. The van der Waals surface area contributed by atoms with Crippen molar-refractivity contribution in [2.75, 3.05) is 19.8 Å². The lowest BCUT2D eigenvalue weighted by Crippen LogP contribution is -2.38. The lowest BCUT2D eigenvalue weighted by Gasteiger charge is -2.27. The van der Waals surface area contributed by atoms with Gasteiger partial charge in [0.2, 0.25) is 15.0 Å². The molecule has 5 rings (SSSR count). The maximum Gasteiger partial charge on any atom is 0.257 e. The van der Waals surface area contributed by atoms with Crippen molar-refractivity contribution in [1.29, 1.82) is 0 Å². The smallest absolute Gasteiger partial charge is 0.257 e. The summed E-state index contributed by atoms with van der Waals surface area (Å²) in [5, 5.41) is -0.216. The Morgan fingerprint density at radius 1 is 0.974 bits per heavy atom. The van der Waals surface area contributed by atoms with Crippen molar-refractivity contribution >= 4 is 15.7 Å². The van der Waals surface area contributed by atoms with Gasteiger partial charge in [-0.05, 0) is 43.9 Å². The quantitative estimate of drug-likeness (QED) is 0.371. The molecule has 2 fully saturated rings. The van der Waals surface area contributed by atoms with E-state index in [2.05, 4.69) is 4.98 Å². The highest BCUT2D eigenvalue weighted by molar-refractivity contribution is 7.90. The number of carbonyl (C=O) groups excluding carboxylic acids is 1.